The number of aromatic nitrogens is 2. The summed E-state index contributed by atoms with van der Waals surface area (Å²) in [4.78, 5) is 11.4. The Balaban J connectivity index is 1.33. The first-order valence-electron chi connectivity index (χ1n) is 11.1. The molecule has 9 heteroatoms. The molecule has 0 spiro atoms. The van der Waals surface area contributed by atoms with Gasteiger partial charge in [0.05, 0.1) is 5.52 Å². The highest BCUT2D eigenvalue weighted by molar-refractivity contribution is 5.90. The van der Waals surface area contributed by atoms with Gasteiger partial charge in [-0.25, -0.2) is 4.98 Å². The van der Waals surface area contributed by atoms with Crippen molar-refractivity contribution in [2.75, 3.05) is 24.3 Å². The van der Waals surface area contributed by atoms with Crippen LogP contribution in [-0.2, 0) is 6.54 Å². The summed E-state index contributed by atoms with van der Waals surface area (Å²) in [5.74, 6) is 1.34. The molecule has 33 heavy (non-hydrogen) atoms. The molecule has 1 aliphatic rings. The monoisotopic (exact) mass is 459 g/mol. The van der Waals surface area contributed by atoms with Crippen LogP contribution in [0.15, 0.2) is 48.5 Å². The zero-order chi connectivity index (χ0) is 23.4. The number of fused-ring (bicyclic) bond motifs is 1. The van der Waals surface area contributed by atoms with E-state index in [9.17, 15) is 13.2 Å². The Bertz CT molecular complexity index is 1080. The van der Waals surface area contributed by atoms with E-state index in [2.05, 4.69) is 20.4 Å². The molecule has 1 saturated carbocycles. The molecule has 0 radical (unpaired) electrons. The molecule has 1 aromatic heterocycles. The van der Waals surface area contributed by atoms with Crippen LogP contribution in [0.4, 0.5) is 24.9 Å². The van der Waals surface area contributed by atoms with Crippen LogP contribution in [0.3, 0.4) is 0 Å². The predicted octanol–water partition coefficient (Wildman–Crippen LogP) is 5.11. The van der Waals surface area contributed by atoms with Gasteiger partial charge in [0.2, 0.25) is 5.95 Å². The zero-order valence-electron chi connectivity index (χ0n) is 18.7. The van der Waals surface area contributed by atoms with Crippen LogP contribution >= 0.6 is 0 Å². The maximum Gasteiger partial charge on any atom is 0.573 e. The van der Waals surface area contributed by atoms with Crippen molar-refractivity contribution in [1.29, 1.82) is 0 Å². The fourth-order valence-corrected chi connectivity index (χ4v) is 4.22. The number of rotatable bonds is 7. The minimum Gasteiger partial charge on any atom is -0.405 e. The largest absolute Gasteiger partial charge is 0.573 e. The summed E-state index contributed by atoms with van der Waals surface area (Å²) >= 11 is 0. The summed E-state index contributed by atoms with van der Waals surface area (Å²) in [6, 6.07) is 14.7. The lowest BCUT2D eigenvalue weighted by molar-refractivity contribution is -0.274. The van der Waals surface area contributed by atoms with Crippen molar-refractivity contribution >= 4 is 22.7 Å². The number of nitrogens with one attached hydrogen (secondary N) is 2. The Morgan fingerprint density at radius 2 is 1.61 bits per heavy atom. The number of anilines is 2. The molecule has 1 heterocycles. The molecule has 2 aromatic carbocycles. The topological polar surface area (TPSA) is 62.3 Å². The first kappa shape index (κ1) is 23.1. The van der Waals surface area contributed by atoms with Gasteiger partial charge in [-0.15, -0.1) is 13.2 Å². The van der Waals surface area contributed by atoms with E-state index in [4.69, 9.17) is 4.98 Å². The minimum atomic E-state index is -4.70. The number of ether oxygens (including phenoxy) is 1. The quantitative estimate of drug-likeness (QED) is 0.512. The van der Waals surface area contributed by atoms with Crippen LogP contribution < -0.4 is 20.3 Å². The van der Waals surface area contributed by atoms with Crippen molar-refractivity contribution in [3.05, 3.63) is 54.1 Å². The normalized spacial score (nSPS) is 18.8. The fraction of sp³-hybridized carbons (Fsp3) is 0.417. The summed E-state index contributed by atoms with van der Waals surface area (Å²) in [7, 11) is 3.93. The van der Waals surface area contributed by atoms with Crippen molar-refractivity contribution in [3.63, 3.8) is 0 Å². The van der Waals surface area contributed by atoms with E-state index in [1.54, 1.807) is 12.1 Å². The van der Waals surface area contributed by atoms with Crippen molar-refractivity contribution in [2.24, 2.45) is 0 Å². The second-order valence-corrected chi connectivity index (χ2v) is 8.51. The molecule has 4 rings (SSSR count). The van der Waals surface area contributed by atoms with Gasteiger partial charge in [-0.05, 0) is 43.9 Å². The first-order valence-corrected chi connectivity index (χ1v) is 11.1. The number of benzene rings is 2. The summed E-state index contributed by atoms with van der Waals surface area (Å²) in [5, 5.41) is 7.87. The number of hydrogen-bond donors (Lipinski definition) is 2. The van der Waals surface area contributed by atoms with Crippen LogP contribution in [0, 0.1) is 0 Å². The fourth-order valence-electron chi connectivity index (χ4n) is 4.22. The van der Waals surface area contributed by atoms with Crippen LogP contribution in [-0.4, -0.2) is 42.5 Å². The lowest BCUT2D eigenvalue weighted by Gasteiger charge is -2.30. The van der Waals surface area contributed by atoms with E-state index < -0.39 is 6.36 Å². The average molecular weight is 460 g/mol. The van der Waals surface area contributed by atoms with Gasteiger partial charge in [0.1, 0.15) is 11.6 Å². The van der Waals surface area contributed by atoms with E-state index in [1.807, 2.05) is 43.3 Å². The van der Waals surface area contributed by atoms with Gasteiger partial charge < -0.3 is 20.3 Å². The lowest BCUT2D eigenvalue weighted by Crippen LogP contribution is -2.37. The Kier molecular flexibility index (Phi) is 6.88. The van der Waals surface area contributed by atoms with Crippen molar-refractivity contribution in [1.82, 2.24) is 15.3 Å². The molecule has 2 N–H and O–H groups in total. The van der Waals surface area contributed by atoms with Crippen LogP contribution in [0.25, 0.3) is 10.9 Å². The number of halogens is 3. The number of para-hydroxylation sites is 2. The van der Waals surface area contributed by atoms with E-state index in [-0.39, 0.29) is 17.8 Å². The zero-order valence-corrected chi connectivity index (χ0v) is 18.7. The highest BCUT2D eigenvalue weighted by atomic mass is 19.4. The molecule has 0 atom stereocenters. The lowest BCUT2D eigenvalue weighted by atomic mass is 9.91. The second kappa shape index (κ2) is 9.82. The van der Waals surface area contributed by atoms with Crippen molar-refractivity contribution < 1.29 is 17.9 Å². The van der Waals surface area contributed by atoms with Crippen molar-refractivity contribution in [3.8, 4) is 5.75 Å². The first-order chi connectivity index (χ1) is 15.8. The molecule has 0 bridgehead atoms. The summed E-state index contributed by atoms with van der Waals surface area (Å²) in [6.07, 6.45) is -1.03. The maximum absolute atomic E-state index is 12.6. The Morgan fingerprint density at radius 1 is 0.939 bits per heavy atom. The van der Waals surface area contributed by atoms with E-state index in [1.165, 1.54) is 12.1 Å². The summed E-state index contributed by atoms with van der Waals surface area (Å²) in [5.41, 5.74) is 1.39. The number of nitrogens with zero attached hydrogens (tertiary/aromatic N) is 3. The molecule has 1 fully saturated rings. The Labute approximate surface area is 191 Å². The Morgan fingerprint density at radius 3 is 2.33 bits per heavy atom. The molecule has 0 aliphatic heterocycles. The molecular formula is C24H28F3N5O. The third-order valence-corrected chi connectivity index (χ3v) is 5.85. The SMILES string of the molecule is CN(C)c1nc(NC2CCC(NCc3ccccc3OC(F)(F)F)CC2)nc2ccccc12. The molecule has 6 nitrogen and oxygen atoms in total. The average Bonchev–Trinajstić information content (AvgIpc) is 2.78. The number of alkyl halides is 3. The standard InChI is InChI=1S/C24H28F3N5O/c1-32(2)22-19-8-4-5-9-20(19)30-23(31-22)29-18-13-11-17(12-14-18)28-15-16-7-3-6-10-21(16)33-24(25,26)27/h3-10,17-18,28H,11-15H2,1-2H3,(H,29,30,31). The molecule has 3 aromatic rings. The van der Waals surface area contributed by atoms with Gasteiger partial charge in [-0.2, -0.15) is 4.98 Å². The van der Waals surface area contributed by atoms with Crippen molar-refractivity contribution in [2.45, 2.75) is 50.7 Å². The minimum absolute atomic E-state index is 0.155. The van der Waals surface area contributed by atoms with Gasteiger partial charge in [0.25, 0.3) is 0 Å². The van der Waals surface area contributed by atoms with Gasteiger partial charge in [-0.3, -0.25) is 0 Å². The van der Waals surface area contributed by atoms with E-state index >= 15 is 0 Å². The smallest absolute Gasteiger partial charge is 0.405 e. The van der Waals surface area contributed by atoms with Crippen LogP contribution in [0.5, 0.6) is 5.75 Å². The molecule has 0 unspecified atom stereocenters. The van der Waals surface area contributed by atoms with Crippen LogP contribution in [0.1, 0.15) is 31.2 Å². The van der Waals surface area contributed by atoms with Gasteiger partial charge in [0.15, 0.2) is 0 Å². The summed E-state index contributed by atoms with van der Waals surface area (Å²) < 4.78 is 42.0. The highest BCUT2D eigenvalue weighted by Gasteiger charge is 2.32. The predicted molar refractivity (Wildman–Crippen MR) is 123 cm³/mol. The van der Waals surface area contributed by atoms with Gasteiger partial charge in [0, 0.05) is 43.7 Å². The maximum atomic E-state index is 12.6. The van der Waals surface area contributed by atoms with Crippen LogP contribution in [0.2, 0.25) is 0 Å². The second-order valence-electron chi connectivity index (χ2n) is 8.51. The molecular weight excluding hydrogens is 431 g/mol. The van der Waals surface area contributed by atoms with E-state index in [0.29, 0.717) is 18.1 Å². The third kappa shape index (κ3) is 6.04. The molecule has 176 valence electrons. The highest BCUT2D eigenvalue weighted by Crippen LogP contribution is 2.28. The Hall–Kier alpha value is -3.07. The molecule has 0 saturated heterocycles. The van der Waals surface area contributed by atoms with Gasteiger partial charge >= 0.3 is 6.36 Å². The van der Waals surface area contributed by atoms with Gasteiger partial charge in [-0.1, -0.05) is 30.3 Å². The van der Waals surface area contributed by atoms with E-state index in [0.717, 1.165) is 42.4 Å². The number of hydrogen-bond acceptors (Lipinski definition) is 6. The summed E-state index contributed by atoms with van der Waals surface area (Å²) in [6.45, 7) is 0.328. The third-order valence-electron chi connectivity index (χ3n) is 5.85. The molecule has 1 aliphatic carbocycles. The molecule has 0 amide bonds.